The minimum atomic E-state index is 0.987. The molecule has 0 aromatic heterocycles. The Bertz CT molecular complexity index is 324. The number of hydrogen-bond donors (Lipinski definition) is 1. The second-order valence-electron chi connectivity index (χ2n) is 3.36. The van der Waals surface area contributed by atoms with E-state index < -0.39 is 0 Å². The Morgan fingerprint density at radius 3 is 2.62 bits per heavy atom. The molecule has 13 heavy (non-hydrogen) atoms. The van der Waals surface area contributed by atoms with E-state index >= 15 is 0 Å². The third-order valence-corrected chi connectivity index (χ3v) is 2.32. The third kappa shape index (κ3) is 2.11. The molecule has 0 fully saturated rings. The summed E-state index contributed by atoms with van der Waals surface area (Å²) >= 11 is 0. The van der Waals surface area contributed by atoms with Gasteiger partial charge in [0.2, 0.25) is 0 Å². The smallest absolute Gasteiger partial charge is 0.00237 e. The standard InChI is InChI=1S/C12H17N/c1-4-11(8-13)12-7-9(2)5-6-10(12)3/h5-8H,4,13H2,1-3H3/b11-8-. The van der Waals surface area contributed by atoms with Gasteiger partial charge in [-0.1, -0.05) is 30.7 Å². The number of aryl methyl sites for hydroxylation is 2. The van der Waals surface area contributed by atoms with Gasteiger partial charge in [-0.25, -0.2) is 0 Å². The quantitative estimate of drug-likeness (QED) is 0.734. The van der Waals surface area contributed by atoms with Gasteiger partial charge in [-0.3, -0.25) is 0 Å². The van der Waals surface area contributed by atoms with E-state index in [1.807, 2.05) is 0 Å². The van der Waals surface area contributed by atoms with E-state index in [0.29, 0.717) is 0 Å². The van der Waals surface area contributed by atoms with E-state index in [1.165, 1.54) is 22.3 Å². The van der Waals surface area contributed by atoms with Crippen LogP contribution in [0, 0.1) is 13.8 Å². The van der Waals surface area contributed by atoms with Crippen LogP contribution >= 0.6 is 0 Å². The fourth-order valence-corrected chi connectivity index (χ4v) is 1.48. The zero-order chi connectivity index (χ0) is 9.84. The normalized spacial score (nSPS) is 11.8. The second kappa shape index (κ2) is 4.13. The minimum Gasteiger partial charge on any atom is -0.404 e. The number of nitrogens with two attached hydrogens (primary N) is 1. The first-order valence-corrected chi connectivity index (χ1v) is 4.67. The van der Waals surface area contributed by atoms with E-state index in [4.69, 9.17) is 5.73 Å². The fraction of sp³-hybridized carbons (Fsp3) is 0.333. The Hall–Kier alpha value is -1.24. The van der Waals surface area contributed by atoms with Crippen molar-refractivity contribution < 1.29 is 0 Å². The molecule has 0 bridgehead atoms. The Labute approximate surface area is 80.3 Å². The Morgan fingerprint density at radius 2 is 2.08 bits per heavy atom. The number of hydrogen-bond acceptors (Lipinski definition) is 1. The van der Waals surface area contributed by atoms with E-state index in [1.54, 1.807) is 6.20 Å². The maximum absolute atomic E-state index is 5.57. The van der Waals surface area contributed by atoms with Crippen molar-refractivity contribution in [3.8, 4) is 0 Å². The molecule has 1 aromatic rings. The van der Waals surface area contributed by atoms with Gasteiger partial charge in [-0.2, -0.15) is 0 Å². The number of benzene rings is 1. The van der Waals surface area contributed by atoms with E-state index in [0.717, 1.165) is 6.42 Å². The van der Waals surface area contributed by atoms with Crippen molar-refractivity contribution in [2.45, 2.75) is 27.2 Å². The zero-order valence-corrected chi connectivity index (χ0v) is 8.59. The Morgan fingerprint density at radius 1 is 1.38 bits per heavy atom. The van der Waals surface area contributed by atoms with Crippen LogP contribution in [0.15, 0.2) is 24.4 Å². The summed E-state index contributed by atoms with van der Waals surface area (Å²) in [5, 5.41) is 0. The highest BCUT2D eigenvalue weighted by Gasteiger charge is 2.02. The average molecular weight is 175 g/mol. The first-order chi connectivity index (χ1) is 6.19. The molecule has 0 radical (unpaired) electrons. The van der Waals surface area contributed by atoms with Crippen molar-refractivity contribution in [3.63, 3.8) is 0 Å². The third-order valence-electron chi connectivity index (χ3n) is 2.32. The van der Waals surface area contributed by atoms with Crippen molar-refractivity contribution >= 4 is 5.57 Å². The van der Waals surface area contributed by atoms with Crippen molar-refractivity contribution in [2.24, 2.45) is 5.73 Å². The SMILES string of the molecule is CC/C(=C/N)c1cc(C)ccc1C. The van der Waals surface area contributed by atoms with Gasteiger partial charge in [0.15, 0.2) is 0 Å². The van der Waals surface area contributed by atoms with Crippen LogP contribution in [0.3, 0.4) is 0 Å². The van der Waals surface area contributed by atoms with Gasteiger partial charge in [-0.05, 0) is 43.2 Å². The topological polar surface area (TPSA) is 26.0 Å². The lowest BCUT2D eigenvalue weighted by Gasteiger charge is -2.08. The predicted molar refractivity (Wildman–Crippen MR) is 58.4 cm³/mol. The van der Waals surface area contributed by atoms with E-state index in [2.05, 4.69) is 39.0 Å². The molecular weight excluding hydrogens is 158 g/mol. The van der Waals surface area contributed by atoms with Gasteiger partial charge in [-0.15, -0.1) is 0 Å². The lowest BCUT2D eigenvalue weighted by molar-refractivity contribution is 1.21. The van der Waals surface area contributed by atoms with Crippen LogP contribution in [0.25, 0.3) is 5.57 Å². The van der Waals surface area contributed by atoms with Crippen LogP contribution in [0.1, 0.15) is 30.0 Å². The van der Waals surface area contributed by atoms with E-state index in [9.17, 15) is 0 Å². The number of rotatable bonds is 2. The van der Waals surface area contributed by atoms with Crippen LogP contribution in [-0.4, -0.2) is 0 Å². The molecule has 0 aliphatic heterocycles. The van der Waals surface area contributed by atoms with Gasteiger partial charge in [0.25, 0.3) is 0 Å². The van der Waals surface area contributed by atoms with Crippen molar-refractivity contribution in [3.05, 3.63) is 41.1 Å². The van der Waals surface area contributed by atoms with Crippen molar-refractivity contribution in [2.75, 3.05) is 0 Å². The highest BCUT2D eigenvalue weighted by Crippen LogP contribution is 2.21. The summed E-state index contributed by atoms with van der Waals surface area (Å²) in [6.07, 6.45) is 2.70. The molecule has 1 rings (SSSR count). The van der Waals surface area contributed by atoms with Gasteiger partial charge in [0, 0.05) is 0 Å². The highest BCUT2D eigenvalue weighted by atomic mass is 14.5. The van der Waals surface area contributed by atoms with Crippen molar-refractivity contribution in [1.82, 2.24) is 0 Å². The Balaban J connectivity index is 3.19. The highest BCUT2D eigenvalue weighted by molar-refractivity contribution is 5.68. The first kappa shape index (κ1) is 9.85. The summed E-state index contributed by atoms with van der Waals surface area (Å²) in [4.78, 5) is 0. The number of allylic oxidation sites excluding steroid dienone is 1. The molecule has 0 heterocycles. The molecule has 0 atom stereocenters. The molecular formula is C12H17N. The average Bonchev–Trinajstić information content (AvgIpc) is 2.13. The molecule has 0 unspecified atom stereocenters. The second-order valence-corrected chi connectivity index (χ2v) is 3.36. The lowest BCUT2D eigenvalue weighted by Crippen LogP contribution is -1.92. The molecule has 70 valence electrons. The van der Waals surface area contributed by atoms with Crippen LogP contribution < -0.4 is 5.73 Å². The molecule has 0 saturated carbocycles. The molecule has 0 saturated heterocycles. The van der Waals surface area contributed by atoms with Crippen molar-refractivity contribution in [1.29, 1.82) is 0 Å². The largest absolute Gasteiger partial charge is 0.404 e. The molecule has 0 aliphatic rings. The predicted octanol–water partition coefficient (Wildman–Crippen LogP) is 3.01. The fourth-order valence-electron chi connectivity index (χ4n) is 1.48. The maximum Gasteiger partial charge on any atom is -0.00237 e. The zero-order valence-electron chi connectivity index (χ0n) is 8.59. The minimum absolute atomic E-state index is 0.987. The summed E-state index contributed by atoms with van der Waals surface area (Å²) < 4.78 is 0. The summed E-state index contributed by atoms with van der Waals surface area (Å²) in [7, 11) is 0. The molecule has 1 aromatic carbocycles. The van der Waals surface area contributed by atoms with Gasteiger partial charge in [0.1, 0.15) is 0 Å². The van der Waals surface area contributed by atoms with Gasteiger partial charge >= 0.3 is 0 Å². The van der Waals surface area contributed by atoms with Crippen LogP contribution in [0.2, 0.25) is 0 Å². The summed E-state index contributed by atoms with van der Waals surface area (Å²) in [5.74, 6) is 0. The van der Waals surface area contributed by atoms with Gasteiger partial charge < -0.3 is 5.73 Å². The monoisotopic (exact) mass is 175 g/mol. The summed E-state index contributed by atoms with van der Waals surface area (Å²) in [6, 6.07) is 6.46. The lowest BCUT2D eigenvalue weighted by atomic mass is 9.97. The first-order valence-electron chi connectivity index (χ1n) is 4.67. The Kier molecular flexibility index (Phi) is 3.13. The summed E-state index contributed by atoms with van der Waals surface area (Å²) in [5.41, 5.74) is 10.7. The van der Waals surface area contributed by atoms with Crippen LogP contribution in [0.4, 0.5) is 0 Å². The molecule has 1 nitrogen and oxygen atoms in total. The van der Waals surface area contributed by atoms with Gasteiger partial charge in [0.05, 0.1) is 0 Å². The maximum atomic E-state index is 5.57. The molecule has 2 N–H and O–H groups in total. The van der Waals surface area contributed by atoms with Crippen LogP contribution in [-0.2, 0) is 0 Å². The van der Waals surface area contributed by atoms with Crippen LogP contribution in [0.5, 0.6) is 0 Å². The molecule has 0 aliphatic carbocycles. The van der Waals surface area contributed by atoms with E-state index in [-0.39, 0.29) is 0 Å². The molecule has 0 spiro atoms. The summed E-state index contributed by atoms with van der Waals surface area (Å²) in [6.45, 7) is 6.35. The molecule has 0 amide bonds. The molecule has 1 heteroatoms.